The average Bonchev–Trinajstić information content (AvgIpc) is 2.15. The molecule has 2 heteroatoms. The highest BCUT2D eigenvalue weighted by Gasteiger charge is 2.08. The lowest BCUT2D eigenvalue weighted by atomic mass is 9.92. The molecule has 0 unspecified atom stereocenters. The van der Waals surface area contributed by atoms with Crippen molar-refractivity contribution in [3.63, 3.8) is 0 Å². The first-order valence-electron chi connectivity index (χ1n) is 5.92. The van der Waals surface area contributed by atoms with Gasteiger partial charge in [-0.2, -0.15) is 0 Å². The van der Waals surface area contributed by atoms with Gasteiger partial charge in [-0.05, 0) is 49.0 Å². The van der Waals surface area contributed by atoms with Crippen molar-refractivity contribution < 1.29 is 4.39 Å². The first-order valence-corrected chi connectivity index (χ1v) is 5.92. The standard InChI is InChI=1S/C14H22FN/c1-14(2,3)8-10-16-9-7-12-5-4-6-13(15)11-12/h4-6,11,16H,7-10H2,1-3H3. The van der Waals surface area contributed by atoms with Crippen molar-refractivity contribution in [1.29, 1.82) is 0 Å². The van der Waals surface area contributed by atoms with E-state index in [9.17, 15) is 4.39 Å². The molecule has 0 aliphatic carbocycles. The van der Waals surface area contributed by atoms with Crippen LogP contribution in [0.25, 0.3) is 0 Å². The van der Waals surface area contributed by atoms with E-state index < -0.39 is 0 Å². The fourth-order valence-electron chi connectivity index (χ4n) is 1.51. The Balaban J connectivity index is 2.17. The molecule has 0 aliphatic rings. The second-order valence-electron chi connectivity index (χ2n) is 5.44. The smallest absolute Gasteiger partial charge is 0.123 e. The Hall–Kier alpha value is -0.890. The van der Waals surface area contributed by atoms with Gasteiger partial charge in [0.15, 0.2) is 0 Å². The van der Waals surface area contributed by atoms with E-state index >= 15 is 0 Å². The van der Waals surface area contributed by atoms with Crippen molar-refractivity contribution in [3.05, 3.63) is 35.6 Å². The molecule has 0 heterocycles. The quantitative estimate of drug-likeness (QED) is 0.754. The third-order valence-corrected chi connectivity index (χ3v) is 2.53. The van der Waals surface area contributed by atoms with Gasteiger partial charge >= 0.3 is 0 Å². The lowest BCUT2D eigenvalue weighted by molar-refractivity contribution is 0.367. The summed E-state index contributed by atoms with van der Waals surface area (Å²) in [5.41, 5.74) is 1.44. The van der Waals surface area contributed by atoms with Crippen LogP contribution in [0, 0.1) is 11.2 Å². The minimum Gasteiger partial charge on any atom is -0.316 e. The van der Waals surface area contributed by atoms with E-state index in [1.54, 1.807) is 12.1 Å². The molecule has 1 aromatic rings. The van der Waals surface area contributed by atoms with E-state index in [0.717, 1.165) is 31.5 Å². The molecule has 0 aliphatic heterocycles. The maximum atomic E-state index is 12.9. The molecule has 0 saturated heterocycles. The molecule has 1 rings (SSSR count). The summed E-state index contributed by atoms with van der Waals surface area (Å²) >= 11 is 0. The summed E-state index contributed by atoms with van der Waals surface area (Å²) in [7, 11) is 0. The van der Waals surface area contributed by atoms with Crippen LogP contribution in [0.2, 0.25) is 0 Å². The van der Waals surface area contributed by atoms with Crippen LogP contribution in [0.3, 0.4) is 0 Å². The lowest BCUT2D eigenvalue weighted by Gasteiger charge is -2.18. The maximum absolute atomic E-state index is 12.9. The van der Waals surface area contributed by atoms with Gasteiger partial charge < -0.3 is 5.32 Å². The van der Waals surface area contributed by atoms with Crippen LogP contribution in [0.4, 0.5) is 4.39 Å². The SMILES string of the molecule is CC(C)(C)CCNCCc1cccc(F)c1. The van der Waals surface area contributed by atoms with Crippen LogP contribution in [-0.4, -0.2) is 13.1 Å². The zero-order valence-electron chi connectivity index (χ0n) is 10.5. The van der Waals surface area contributed by atoms with E-state index in [2.05, 4.69) is 26.1 Å². The second-order valence-corrected chi connectivity index (χ2v) is 5.44. The number of hydrogen-bond donors (Lipinski definition) is 1. The van der Waals surface area contributed by atoms with Gasteiger partial charge in [-0.1, -0.05) is 32.9 Å². The van der Waals surface area contributed by atoms with Crippen LogP contribution in [0.15, 0.2) is 24.3 Å². The Morgan fingerprint density at radius 2 is 1.94 bits per heavy atom. The molecule has 0 atom stereocenters. The second kappa shape index (κ2) is 6.00. The van der Waals surface area contributed by atoms with Crippen molar-refractivity contribution in [3.8, 4) is 0 Å². The normalized spacial score (nSPS) is 11.8. The van der Waals surface area contributed by atoms with Gasteiger partial charge in [-0.3, -0.25) is 0 Å². The summed E-state index contributed by atoms with van der Waals surface area (Å²) < 4.78 is 12.9. The van der Waals surface area contributed by atoms with Crippen molar-refractivity contribution in [2.24, 2.45) is 5.41 Å². The Labute approximate surface area is 98.1 Å². The number of nitrogens with one attached hydrogen (secondary N) is 1. The van der Waals surface area contributed by atoms with Gasteiger partial charge in [0.2, 0.25) is 0 Å². The molecule has 90 valence electrons. The maximum Gasteiger partial charge on any atom is 0.123 e. The topological polar surface area (TPSA) is 12.0 Å². The summed E-state index contributed by atoms with van der Waals surface area (Å²) in [6.07, 6.45) is 2.05. The predicted molar refractivity (Wildman–Crippen MR) is 67.0 cm³/mol. The zero-order chi connectivity index (χ0) is 12.0. The molecule has 0 radical (unpaired) electrons. The minimum absolute atomic E-state index is 0.146. The van der Waals surface area contributed by atoms with Crippen molar-refractivity contribution in [2.45, 2.75) is 33.6 Å². The van der Waals surface area contributed by atoms with Crippen molar-refractivity contribution >= 4 is 0 Å². The van der Waals surface area contributed by atoms with E-state index in [1.165, 1.54) is 6.07 Å². The number of rotatable bonds is 5. The van der Waals surface area contributed by atoms with Crippen LogP contribution in [0.5, 0.6) is 0 Å². The Bertz CT molecular complexity index is 315. The number of benzene rings is 1. The van der Waals surface area contributed by atoms with Crippen LogP contribution < -0.4 is 5.32 Å². The molecule has 1 nitrogen and oxygen atoms in total. The predicted octanol–water partition coefficient (Wildman–Crippen LogP) is 3.39. The highest BCUT2D eigenvalue weighted by molar-refractivity contribution is 5.16. The monoisotopic (exact) mass is 223 g/mol. The fraction of sp³-hybridized carbons (Fsp3) is 0.571. The first kappa shape index (κ1) is 13.2. The molecule has 0 saturated carbocycles. The zero-order valence-corrected chi connectivity index (χ0v) is 10.5. The fourth-order valence-corrected chi connectivity index (χ4v) is 1.51. The molecule has 0 aromatic heterocycles. The van der Waals surface area contributed by atoms with Crippen LogP contribution in [0.1, 0.15) is 32.8 Å². The Kier molecular flexibility index (Phi) is 4.94. The molecule has 0 spiro atoms. The number of hydrogen-bond acceptors (Lipinski definition) is 1. The third kappa shape index (κ3) is 5.86. The summed E-state index contributed by atoms with van der Waals surface area (Å²) in [5.74, 6) is -0.146. The summed E-state index contributed by atoms with van der Waals surface area (Å²) in [6, 6.07) is 6.82. The molecule has 1 N–H and O–H groups in total. The minimum atomic E-state index is -0.146. The van der Waals surface area contributed by atoms with Gasteiger partial charge in [0.05, 0.1) is 0 Å². The van der Waals surface area contributed by atoms with Gasteiger partial charge in [0, 0.05) is 0 Å². The van der Waals surface area contributed by atoms with Crippen LogP contribution in [-0.2, 0) is 6.42 Å². The summed E-state index contributed by atoms with van der Waals surface area (Å²) in [5, 5.41) is 3.39. The molecule has 0 bridgehead atoms. The lowest BCUT2D eigenvalue weighted by Crippen LogP contribution is -2.22. The van der Waals surface area contributed by atoms with E-state index in [-0.39, 0.29) is 5.82 Å². The van der Waals surface area contributed by atoms with E-state index in [4.69, 9.17) is 0 Å². The largest absolute Gasteiger partial charge is 0.316 e. The van der Waals surface area contributed by atoms with Crippen molar-refractivity contribution in [1.82, 2.24) is 5.32 Å². The number of halogens is 1. The molecule has 0 amide bonds. The third-order valence-electron chi connectivity index (χ3n) is 2.53. The van der Waals surface area contributed by atoms with Crippen LogP contribution >= 0.6 is 0 Å². The molecular formula is C14H22FN. The first-order chi connectivity index (χ1) is 7.47. The highest BCUT2D eigenvalue weighted by atomic mass is 19.1. The molecular weight excluding hydrogens is 201 g/mol. The molecule has 0 fully saturated rings. The van der Waals surface area contributed by atoms with Gasteiger partial charge in [0.25, 0.3) is 0 Å². The van der Waals surface area contributed by atoms with Gasteiger partial charge in [-0.25, -0.2) is 4.39 Å². The van der Waals surface area contributed by atoms with Crippen molar-refractivity contribution in [2.75, 3.05) is 13.1 Å². The Morgan fingerprint density at radius 3 is 2.56 bits per heavy atom. The van der Waals surface area contributed by atoms with E-state index in [1.807, 2.05) is 6.07 Å². The molecule has 1 aromatic carbocycles. The molecule has 16 heavy (non-hydrogen) atoms. The summed E-state index contributed by atoms with van der Waals surface area (Å²) in [4.78, 5) is 0. The highest BCUT2D eigenvalue weighted by Crippen LogP contribution is 2.16. The van der Waals surface area contributed by atoms with Gasteiger partial charge in [0.1, 0.15) is 5.82 Å². The average molecular weight is 223 g/mol. The van der Waals surface area contributed by atoms with Gasteiger partial charge in [-0.15, -0.1) is 0 Å². The Morgan fingerprint density at radius 1 is 1.19 bits per heavy atom. The van der Waals surface area contributed by atoms with E-state index in [0.29, 0.717) is 5.41 Å². The summed E-state index contributed by atoms with van der Waals surface area (Å²) in [6.45, 7) is 8.65.